The van der Waals surface area contributed by atoms with Crippen LogP contribution in [0.5, 0.6) is 0 Å². The summed E-state index contributed by atoms with van der Waals surface area (Å²) in [4.78, 5) is 24.4. The molecule has 1 aliphatic heterocycles. The second-order valence-electron chi connectivity index (χ2n) is 8.57. The maximum absolute atomic E-state index is 12.9. The summed E-state index contributed by atoms with van der Waals surface area (Å²) in [5, 5.41) is 5.73. The quantitative estimate of drug-likeness (QED) is 0.377. The third kappa shape index (κ3) is 7.51. The predicted molar refractivity (Wildman–Crippen MR) is 134 cm³/mol. The standard InChI is InChI=1S/C25H33N3O6S/c1-4-5-14-33-25(30)20-6-8-21(9-7-20)26-15-24(29)27-22-10-12-23(13-11-22)35(31,32)28-16-18(2)34-19(3)17-28/h6-13,18-19,26H,4-5,14-17H2,1-3H3,(H,27,29)/t18-,19-/m1/s1. The molecule has 0 aromatic heterocycles. The Bertz CT molecular complexity index is 1090. The van der Waals surface area contributed by atoms with E-state index in [2.05, 4.69) is 10.6 Å². The van der Waals surface area contributed by atoms with Crippen molar-refractivity contribution in [1.29, 1.82) is 0 Å². The van der Waals surface area contributed by atoms with E-state index in [1.54, 1.807) is 36.4 Å². The number of unbranched alkanes of at least 4 members (excludes halogenated alkanes) is 1. The molecule has 1 heterocycles. The van der Waals surface area contributed by atoms with Crippen molar-refractivity contribution in [2.75, 3.05) is 36.9 Å². The molecule has 2 atom stereocenters. The van der Waals surface area contributed by atoms with Gasteiger partial charge >= 0.3 is 5.97 Å². The normalized spacial score (nSPS) is 18.6. The molecule has 0 bridgehead atoms. The number of carbonyl (C=O) groups is 2. The number of ether oxygens (including phenoxy) is 2. The first kappa shape index (κ1) is 26.7. The molecule has 2 aromatic carbocycles. The van der Waals surface area contributed by atoms with E-state index in [0.717, 1.165) is 12.8 Å². The first-order valence-electron chi connectivity index (χ1n) is 11.8. The van der Waals surface area contributed by atoms with Crippen molar-refractivity contribution in [2.24, 2.45) is 0 Å². The number of morpholine rings is 1. The molecule has 1 amide bonds. The van der Waals surface area contributed by atoms with Crippen LogP contribution in [-0.2, 0) is 24.3 Å². The molecule has 0 radical (unpaired) electrons. The van der Waals surface area contributed by atoms with Gasteiger partial charge in [-0.15, -0.1) is 0 Å². The van der Waals surface area contributed by atoms with Crippen LogP contribution in [0, 0.1) is 0 Å². The fourth-order valence-electron chi connectivity index (χ4n) is 3.69. The molecule has 10 heteroatoms. The summed E-state index contributed by atoms with van der Waals surface area (Å²) >= 11 is 0. The highest BCUT2D eigenvalue weighted by Crippen LogP contribution is 2.22. The molecule has 3 rings (SSSR count). The number of benzene rings is 2. The molecule has 190 valence electrons. The highest BCUT2D eigenvalue weighted by molar-refractivity contribution is 7.89. The molecule has 0 saturated carbocycles. The number of nitrogens with zero attached hydrogens (tertiary/aromatic N) is 1. The van der Waals surface area contributed by atoms with Gasteiger partial charge in [0.05, 0.1) is 35.8 Å². The second kappa shape index (κ2) is 12.1. The SMILES string of the molecule is CCCCOC(=O)c1ccc(NCC(=O)Nc2ccc(S(=O)(=O)N3C[C@@H](C)O[C@H](C)C3)cc2)cc1. The van der Waals surface area contributed by atoms with Gasteiger partial charge in [0.2, 0.25) is 15.9 Å². The van der Waals surface area contributed by atoms with Crippen molar-refractivity contribution in [3.8, 4) is 0 Å². The van der Waals surface area contributed by atoms with Crippen LogP contribution >= 0.6 is 0 Å². The lowest BCUT2D eigenvalue weighted by atomic mass is 10.2. The van der Waals surface area contributed by atoms with E-state index in [4.69, 9.17) is 9.47 Å². The third-order valence-corrected chi connectivity index (χ3v) is 7.31. The molecular weight excluding hydrogens is 470 g/mol. The predicted octanol–water partition coefficient (Wildman–Crippen LogP) is 3.49. The van der Waals surface area contributed by atoms with Gasteiger partial charge in [0.1, 0.15) is 0 Å². The number of hydrogen-bond acceptors (Lipinski definition) is 7. The minimum atomic E-state index is -3.64. The maximum atomic E-state index is 12.9. The largest absolute Gasteiger partial charge is 0.462 e. The Hall–Kier alpha value is -2.95. The maximum Gasteiger partial charge on any atom is 0.338 e. The second-order valence-corrected chi connectivity index (χ2v) is 10.5. The van der Waals surface area contributed by atoms with Crippen molar-refractivity contribution in [3.05, 3.63) is 54.1 Å². The van der Waals surface area contributed by atoms with E-state index in [1.165, 1.54) is 16.4 Å². The summed E-state index contributed by atoms with van der Waals surface area (Å²) in [5.74, 6) is -0.662. The number of rotatable bonds is 10. The Balaban J connectivity index is 1.50. The highest BCUT2D eigenvalue weighted by atomic mass is 32.2. The van der Waals surface area contributed by atoms with Crippen molar-refractivity contribution >= 4 is 33.3 Å². The van der Waals surface area contributed by atoms with Crippen LogP contribution in [0.3, 0.4) is 0 Å². The zero-order valence-electron chi connectivity index (χ0n) is 20.3. The Morgan fingerprint density at radius 2 is 1.60 bits per heavy atom. The molecule has 1 aliphatic rings. The fourth-order valence-corrected chi connectivity index (χ4v) is 5.28. The summed E-state index contributed by atoms with van der Waals surface area (Å²) in [5.41, 5.74) is 1.62. The van der Waals surface area contributed by atoms with Gasteiger partial charge < -0.3 is 20.1 Å². The van der Waals surface area contributed by atoms with Gasteiger partial charge in [-0.1, -0.05) is 13.3 Å². The lowest BCUT2D eigenvalue weighted by Gasteiger charge is -2.34. The van der Waals surface area contributed by atoms with Gasteiger partial charge in [-0.05, 0) is 68.8 Å². The monoisotopic (exact) mass is 503 g/mol. The van der Waals surface area contributed by atoms with Gasteiger partial charge in [0.15, 0.2) is 0 Å². The number of sulfonamides is 1. The molecule has 35 heavy (non-hydrogen) atoms. The Kier molecular flexibility index (Phi) is 9.25. The Labute approximate surface area is 206 Å². The molecule has 0 spiro atoms. The molecule has 0 aliphatic carbocycles. The van der Waals surface area contributed by atoms with Crippen LogP contribution in [-0.4, -0.2) is 63.0 Å². The van der Waals surface area contributed by atoms with Crippen LogP contribution in [0.1, 0.15) is 44.0 Å². The van der Waals surface area contributed by atoms with Crippen molar-refractivity contribution in [2.45, 2.75) is 50.7 Å². The van der Waals surface area contributed by atoms with E-state index in [9.17, 15) is 18.0 Å². The Morgan fingerprint density at radius 3 is 2.20 bits per heavy atom. The minimum Gasteiger partial charge on any atom is -0.462 e. The number of carbonyl (C=O) groups excluding carboxylic acids is 2. The zero-order valence-corrected chi connectivity index (χ0v) is 21.1. The number of anilines is 2. The summed E-state index contributed by atoms with van der Waals surface area (Å²) in [6.45, 7) is 6.73. The summed E-state index contributed by atoms with van der Waals surface area (Å²) in [6.07, 6.45) is 1.44. The molecule has 0 unspecified atom stereocenters. The Morgan fingerprint density at radius 1 is 1.00 bits per heavy atom. The lowest BCUT2D eigenvalue weighted by molar-refractivity contribution is -0.114. The average Bonchev–Trinajstić information content (AvgIpc) is 2.83. The van der Waals surface area contributed by atoms with Gasteiger partial charge in [-0.2, -0.15) is 4.31 Å². The van der Waals surface area contributed by atoms with Gasteiger partial charge in [-0.25, -0.2) is 13.2 Å². The molecule has 2 N–H and O–H groups in total. The number of nitrogens with one attached hydrogen (secondary N) is 2. The number of esters is 1. The number of hydrogen-bond donors (Lipinski definition) is 2. The van der Waals surface area contributed by atoms with Crippen molar-refractivity contribution < 1.29 is 27.5 Å². The van der Waals surface area contributed by atoms with Crippen LogP contribution in [0.4, 0.5) is 11.4 Å². The van der Waals surface area contributed by atoms with E-state index in [-0.39, 0.29) is 35.5 Å². The highest BCUT2D eigenvalue weighted by Gasteiger charge is 2.32. The van der Waals surface area contributed by atoms with Crippen molar-refractivity contribution in [3.63, 3.8) is 0 Å². The van der Waals surface area contributed by atoms with E-state index >= 15 is 0 Å². The smallest absolute Gasteiger partial charge is 0.338 e. The first-order chi connectivity index (χ1) is 16.7. The minimum absolute atomic E-state index is 0.00387. The summed E-state index contributed by atoms with van der Waals surface area (Å²) in [6, 6.07) is 12.8. The van der Waals surface area contributed by atoms with Gasteiger partial charge in [-0.3, -0.25) is 4.79 Å². The molecule has 1 fully saturated rings. The zero-order chi connectivity index (χ0) is 25.4. The van der Waals surface area contributed by atoms with E-state index < -0.39 is 10.0 Å². The molecule has 1 saturated heterocycles. The average molecular weight is 504 g/mol. The fraction of sp³-hybridized carbons (Fsp3) is 0.440. The van der Waals surface area contributed by atoms with Gasteiger partial charge in [0, 0.05) is 24.5 Å². The number of amides is 1. The molecule has 9 nitrogen and oxygen atoms in total. The van der Waals surface area contributed by atoms with Crippen LogP contribution in [0.25, 0.3) is 0 Å². The van der Waals surface area contributed by atoms with Crippen molar-refractivity contribution in [1.82, 2.24) is 4.31 Å². The summed E-state index contributed by atoms with van der Waals surface area (Å²) < 4.78 is 38.1. The van der Waals surface area contributed by atoms with Gasteiger partial charge in [0.25, 0.3) is 0 Å². The molecule has 2 aromatic rings. The third-order valence-electron chi connectivity index (χ3n) is 5.47. The van der Waals surface area contributed by atoms with Crippen LogP contribution in [0.15, 0.2) is 53.4 Å². The summed E-state index contributed by atoms with van der Waals surface area (Å²) in [7, 11) is -3.64. The topological polar surface area (TPSA) is 114 Å². The van der Waals surface area contributed by atoms with E-state index in [1.807, 2.05) is 20.8 Å². The van der Waals surface area contributed by atoms with Crippen LogP contribution < -0.4 is 10.6 Å². The first-order valence-corrected chi connectivity index (χ1v) is 13.2. The van der Waals surface area contributed by atoms with E-state index in [0.29, 0.717) is 36.6 Å². The van der Waals surface area contributed by atoms with Crippen LogP contribution in [0.2, 0.25) is 0 Å². The molecular formula is C25H33N3O6S. The lowest BCUT2D eigenvalue weighted by Crippen LogP contribution is -2.48.